The fraction of sp³-hybridized carbons (Fsp3) is 0.818. The van der Waals surface area contributed by atoms with Crippen LogP contribution in [0.15, 0.2) is 0 Å². The Hall–Kier alpha value is -1.10. The van der Waals surface area contributed by atoms with Gasteiger partial charge in [-0.25, -0.2) is 0 Å². The molecule has 0 radical (unpaired) electrons. The lowest BCUT2D eigenvalue weighted by molar-refractivity contribution is -0.164. The predicted molar refractivity (Wildman–Crippen MR) is 55.7 cm³/mol. The van der Waals surface area contributed by atoms with Crippen molar-refractivity contribution in [3.8, 4) is 0 Å². The second-order valence-electron chi connectivity index (χ2n) is 3.61. The van der Waals surface area contributed by atoms with Crippen molar-refractivity contribution in [2.75, 3.05) is 26.4 Å². The van der Waals surface area contributed by atoms with Gasteiger partial charge in [-0.3, -0.25) is 9.59 Å². The number of esters is 2. The fourth-order valence-corrected chi connectivity index (χ4v) is 1.76. The Morgan fingerprint density at radius 2 is 1.81 bits per heavy atom. The summed E-state index contributed by atoms with van der Waals surface area (Å²) < 4.78 is 15.0. The number of carbonyl (C=O) groups excluding carboxylic acids is 2. The van der Waals surface area contributed by atoms with Crippen LogP contribution in [-0.2, 0) is 23.8 Å². The highest BCUT2D eigenvalue weighted by molar-refractivity contribution is 5.95. The van der Waals surface area contributed by atoms with E-state index in [1.807, 2.05) is 0 Å². The zero-order valence-corrected chi connectivity index (χ0v) is 9.73. The van der Waals surface area contributed by atoms with Crippen LogP contribution in [0.5, 0.6) is 0 Å². The van der Waals surface area contributed by atoms with Gasteiger partial charge in [-0.15, -0.1) is 0 Å². The van der Waals surface area contributed by atoms with E-state index in [1.54, 1.807) is 13.8 Å². The molecular weight excluding hydrogens is 212 g/mol. The standard InChI is InChI=1S/C11H18O5/c1-3-15-10(12)9(11(13)16-4-2)8-5-6-14-7-8/h8-9H,3-7H2,1-2H3/t8-/m0/s1. The van der Waals surface area contributed by atoms with Crippen LogP contribution in [0.4, 0.5) is 0 Å². The summed E-state index contributed by atoms with van der Waals surface area (Å²) in [6.45, 7) is 4.96. The van der Waals surface area contributed by atoms with Crippen molar-refractivity contribution in [2.45, 2.75) is 20.3 Å². The van der Waals surface area contributed by atoms with Crippen molar-refractivity contribution < 1.29 is 23.8 Å². The first-order valence-electron chi connectivity index (χ1n) is 5.61. The Morgan fingerprint density at radius 3 is 2.19 bits per heavy atom. The van der Waals surface area contributed by atoms with Crippen LogP contribution in [0.25, 0.3) is 0 Å². The lowest BCUT2D eigenvalue weighted by Gasteiger charge is -2.18. The molecule has 0 aromatic rings. The molecule has 1 atom stereocenters. The molecule has 0 aromatic carbocycles. The molecule has 0 unspecified atom stereocenters. The Kier molecular flexibility index (Phi) is 5.25. The van der Waals surface area contributed by atoms with Crippen molar-refractivity contribution in [3.63, 3.8) is 0 Å². The van der Waals surface area contributed by atoms with Crippen LogP contribution >= 0.6 is 0 Å². The van der Waals surface area contributed by atoms with Gasteiger partial charge in [0.15, 0.2) is 5.92 Å². The van der Waals surface area contributed by atoms with E-state index in [-0.39, 0.29) is 19.1 Å². The average molecular weight is 230 g/mol. The largest absolute Gasteiger partial charge is 0.465 e. The van der Waals surface area contributed by atoms with E-state index in [4.69, 9.17) is 14.2 Å². The molecule has 1 fully saturated rings. The minimum atomic E-state index is -0.831. The van der Waals surface area contributed by atoms with E-state index in [0.29, 0.717) is 19.6 Å². The number of rotatable bonds is 5. The summed E-state index contributed by atoms with van der Waals surface area (Å²) in [5.41, 5.74) is 0. The van der Waals surface area contributed by atoms with Crippen LogP contribution in [0, 0.1) is 11.8 Å². The number of carbonyl (C=O) groups is 2. The molecule has 92 valence electrons. The first-order chi connectivity index (χ1) is 7.70. The van der Waals surface area contributed by atoms with Gasteiger partial charge in [0.2, 0.25) is 0 Å². The Labute approximate surface area is 95.0 Å². The molecule has 0 aliphatic carbocycles. The molecule has 1 rings (SSSR count). The maximum Gasteiger partial charge on any atom is 0.320 e. The highest BCUT2D eigenvalue weighted by atomic mass is 16.6. The second-order valence-corrected chi connectivity index (χ2v) is 3.61. The highest BCUT2D eigenvalue weighted by Crippen LogP contribution is 2.24. The quantitative estimate of drug-likeness (QED) is 0.515. The lowest BCUT2D eigenvalue weighted by Crippen LogP contribution is -2.34. The molecule has 0 N–H and O–H groups in total. The van der Waals surface area contributed by atoms with Gasteiger partial charge in [0.1, 0.15) is 0 Å². The average Bonchev–Trinajstić information content (AvgIpc) is 2.72. The summed E-state index contributed by atoms with van der Waals surface area (Å²) in [5.74, 6) is -1.95. The van der Waals surface area contributed by atoms with Gasteiger partial charge in [-0.2, -0.15) is 0 Å². The first-order valence-corrected chi connectivity index (χ1v) is 5.61. The third kappa shape index (κ3) is 3.20. The van der Waals surface area contributed by atoms with Crippen LogP contribution in [0.3, 0.4) is 0 Å². The zero-order valence-electron chi connectivity index (χ0n) is 9.73. The normalized spacial score (nSPS) is 19.8. The van der Waals surface area contributed by atoms with Gasteiger partial charge in [0.25, 0.3) is 0 Å². The summed E-state index contributed by atoms with van der Waals surface area (Å²) in [6, 6.07) is 0. The summed E-state index contributed by atoms with van der Waals surface area (Å²) in [5, 5.41) is 0. The molecule has 0 aromatic heterocycles. The zero-order chi connectivity index (χ0) is 12.0. The topological polar surface area (TPSA) is 61.8 Å². The lowest BCUT2D eigenvalue weighted by atomic mass is 9.92. The third-order valence-electron chi connectivity index (χ3n) is 2.52. The van der Waals surface area contributed by atoms with Crippen LogP contribution in [0.2, 0.25) is 0 Å². The SMILES string of the molecule is CCOC(=O)C(C(=O)OCC)[C@H]1CCOC1. The molecular formula is C11H18O5. The van der Waals surface area contributed by atoms with Crippen LogP contribution in [0.1, 0.15) is 20.3 Å². The van der Waals surface area contributed by atoms with Gasteiger partial charge in [0.05, 0.1) is 19.8 Å². The summed E-state index contributed by atoms with van der Waals surface area (Å²) in [6.07, 6.45) is 0.697. The van der Waals surface area contributed by atoms with E-state index < -0.39 is 17.9 Å². The van der Waals surface area contributed by atoms with E-state index in [9.17, 15) is 9.59 Å². The smallest absolute Gasteiger partial charge is 0.320 e. The molecule has 1 saturated heterocycles. The van der Waals surface area contributed by atoms with Crippen molar-refractivity contribution in [3.05, 3.63) is 0 Å². The summed E-state index contributed by atoms with van der Waals surface area (Å²) in [7, 11) is 0. The second kappa shape index (κ2) is 6.48. The molecule has 1 aliphatic rings. The molecule has 0 spiro atoms. The number of hydrogen-bond donors (Lipinski definition) is 0. The molecule has 1 heterocycles. The minimum Gasteiger partial charge on any atom is -0.465 e. The van der Waals surface area contributed by atoms with Crippen molar-refractivity contribution >= 4 is 11.9 Å². The van der Waals surface area contributed by atoms with E-state index in [0.717, 1.165) is 0 Å². The van der Waals surface area contributed by atoms with E-state index in [1.165, 1.54) is 0 Å². The monoisotopic (exact) mass is 230 g/mol. The van der Waals surface area contributed by atoms with E-state index >= 15 is 0 Å². The maximum atomic E-state index is 11.7. The summed E-state index contributed by atoms with van der Waals surface area (Å²) in [4.78, 5) is 23.3. The molecule has 0 bridgehead atoms. The highest BCUT2D eigenvalue weighted by Gasteiger charge is 2.39. The van der Waals surface area contributed by atoms with Crippen LogP contribution < -0.4 is 0 Å². The van der Waals surface area contributed by atoms with Gasteiger partial charge < -0.3 is 14.2 Å². The molecule has 0 saturated carbocycles. The number of ether oxygens (including phenoxy) is 3. The minimum absolute atomic E-state index is 0.113. The predicted octanol–water partition coefficient (Wildman–Crippen LogP) is 0.765. The molecule has 1 aliphatic heterocycles. The Balaban J connectivity index is 2.67. The van der Waals surface area contributed by atoms with Crippen molar-refractivity contribution in [1.29, 1.82) is 0 Å². The van der Waals surface area contributed by atoms with Gasteiger partial charge in [-0.1, -0.05) is 0 Å². The molecule has 16 heavy (non-hydrogen) atoms. The molecule has 5 nitrogen and oxygen atoms in total. The van der Waals surface area contributed by atoms with Crippen LogP contribution in [-0.4, -0.2) is 38.4 Å². The van der Waals surface area contributed by atoms with Gasteiger partial charge in [-0.05, 0) is 20.3 Å². The molecule has 0 amide bonds. The Morgan fingerprint density at radius 1 is 1.25 bits per heavy atom. The van der Waals surface area contributed by atoms with Crippen molar-refractivity contribution in [2.24, 2.45) is 11.8 Å². The number of hydrogen-bond acceptors (Lipinski definition) is 5. The summed E-state index contributed by atoms with van der Waals surface area (Å²) >= 11 is 0. The maximum absolute atomic E-state index is 11.7. The fourth-order valence-electron chi connectivity index (χ4n) is 1.76. The van der Waals surface area contributed by atoms with Gasteiger partial charge >= 0.3 is 11.9 Å². The third-order valence-corrected chi connectivity index (χ3v) is 2.52. The van der Waals surface area contributed by atoms with Crippen molar-refractivity contribution in [1.82, 2.24) is 0 Å². The molecule has 5 heteroatoms. The van der Waals surface area contributed by atoms with Gasteiger partial charge in [0, 0.05) is 12.5 Å². The van der Waals surface area contributed by atoms with E-state index in [2.05, 4.69) is 0 Å². The Bertz CT molecular complexity index is 227. The first kappa shape index (κ1) is 13.0.